The standard InChI is InChI=1S/C13H14Cl2O5/c1-7(2)12(16)18-8(3)19-13(17)20-11-9(14)5-4-6-10(11)15/h4-8H,1-3H3/t8-/m1/s1. The van der Waals surface area contributed by atoms with Crippen molar-refractivity contribution >= 4 is 35.3 Å². The van der Waals surface area contributed by atoms with Gasteiger partial charge in [0.25, 0.3) is 0 Å². The molecule has 0 spiro atoms. The number of para-hydroxylation sites is 1. The normalized spacial score (nSPS) is 11.9. The van der Waals surface area contributed by atoms with E-state index in [1.807, 2.05) is 0 Å². The molecule has 20 heavy (non-hydrogen) atoms. The van der Waals surface area contributed by atoms with Gasteiger partial charge < -0.3 is 14.2 Å². The lowest BCUT2D eigenvalue weighted by Gasteiger charge is -2.15. The van der Waals surface area contributed by atoms with Gasteiger partial charge in [0.15, 0.2) is 5.75 Å². The molecule has 0 fully saturated rings. The molecule has 0 radical (unpaired) electrons. The summed E-state index contributed by atoms with van der Waals surface area (Å²) in [5.41, 5.74) is 0. The van der Waals surface area contributed by atoms with Gasteiger partial charge in [-0.1, -0.05) is 43.1 Å². The van der Waals surface area contributed by atoms with Gasteiger partial charge in [0.2, 0.25) is 6.29 Å². The van der Waals surface area contributed by atoms with Crippen molar-refractivity contribution < 1.29 is 23.8 Å². The molecule has 1 aromatic rings. The number of ether oxygens (including phenoxy) is 3. The van der Waals surface area contributed by atoms with Crippen molar-refractivity contribution in [1.82, 2.24) is 0 Å². The zero-order valence-corrected chi connectivity index (χ0v) is 12.7. The van der Waals surface area contributed by atoms with Crippen molar-refractivity contribution in [1.29, 1.82) is 0 Å². The Morgan fingerprint density at radius 2 is 1.60 bits per heavy atom. The average molecular weight is 321 g/mol. The average Bonchev–Trinajstić information content (AvgIpc) is 2.33. The topological polar surface area (TPSA) is 61.8 Å². The van der Waals surface area contributed by atoms with Crippen molar-refractivity contribution in [3.05, 3.63) is 28.2 Å². The lowest BCUT2D eigenvalue weighted by atomic mass is 10.2. The Bertz CT molecular complexity index is 481. The van der Waals surface area contributed by atoms with Gasteiger partial charge >= 0.3 is 12.1 Å². The fraction of sp³-hybridized carbons (Fsp3) is 0.385. The van der Waals surface area contributed by atoms with Crippen LogP contribution in [0.1, 0.15) is 20.8 Å². The third-order valence-corrected chi connectivity index (χ3v) is 2.72. The molecule has 5 nitrogen and oxygen atoms in total. The van der Waals surface area contributed by atoms with Gasteiger partial charge in [0.05, 0.1) is 16.0 Å². The second kappa shape index (κ2) is 7.36. The first-order valence-electron chi connectivity index (χ1n) is 5.84. The number of hydrogen-bond acceptors (Lipinski definition) is 5. The second-order valence-corrected chi connectivity index (χ2v) is 4.99. The Morgan fingerprint density at radius 1 is 1.05 bits per heavy atom. The van der Waals surface area contributed by atoms with Crippen molar-refractivity contribution in [2.24, 2.45) is 5.92 Å². The molecule has 0 saturated heterocycles. The second-order valence-electron chi connectivity index (χ2n) is 4.18. The Balaban J connectivity index is 2.58. The Hall–Kier alpha value is -1.46. The fourth-order valence-corrected chi connectivity index (χ4v) is 1.62. The molecule has 0 aromatic heterocycles. The van der Waals surface area contributed by atoms with E-state index in [1.54, 1.807) is 19.9 Å². The van der Waals surface area contributed by atoms with Crippen molar-refractivity contribution in [2.75, 3.05) is 0 Å². The van der Waals surface area contributed by atoms with E-state index in [-0.39, 0.29) is 21.7 Å². The zero-order valence-electron chi connectivity index (χ0n) is 11.2. The minimum absolute atomic E-state index is 0.0109. The SMILES string of the molecule is CC(C)C(=O)O[C@@H](C)OC(=O)Oc1c(Cl)cccc1Cl. The summed E-state index contributed by atoms with van der Waals surface area (Å²) in [6.07, 6.45) is -2.14. The van der Waals surface area contributed by atoms with Gasteiger partial charge in [-0.25, -0.2) is 4.79 Å². The van der Waals surface area contributed by atoms with Crippen LogP contribution >= 0.6 is 23.2 Å². The molecule has 0 aliphatic rings. The summed E-state index contributed by atoms with van der Waals surface area (Å²) in [5, 5.41) is 0.336. The molecule has 1 aromatic carbocycles. The predicted octanol–water partition coefficient (Wildman–Crippen LogP) is 4.05. The lowest BCUT2D eigenvalue weighted by molar-refractivity contribution is -0.170. The molecule has 0 aliphatic heterocycles. The van der Waals surface area contributed by atoms with E-state index in [9.17, 15) is 9.59 Å². The highest BCUT2D eigenvalue weighted by molar-refractivity contribution is 6.37. The number of carbonyl (C=O) groups excluding carboxylic acids is 2. The smallest absolute Gasteiger partial charge is 0.425 e. The number of carbonyl (C=O) groups is 2. The minimum Gasteiger partial charge on any atom is -0.425 e. The van der Waals surface area contributed by atoms with Crippen LogP contribution < -0.4 is 4.74 Å². The van der Waals surface area contributed by atoms with Crippen LogP contribution in [0.5, 0.6) is 5.75 Å². The summed E-state index contributed by atoms with van der Waals surface area (Å²) in [4.78, 5) is 22.8. The van der Waals surface area contributed by atoms with Crippen LogP contribution in [-0.2, 0) is 14.3 Å². The number of hydrogen-bond donors (Lipinski definition) is 0. The lowest BCUT2D eigenvalue weighted by Crippen LogP contribution is -2.25. The highest BCUT2D eigenvalue weighted by Crippen LogP contribution is 2.32. The van der Waals surface area contributed by atoms with Crippen LogP contribution in [0.25, 0.3) is 0 Å². The largest absolute Gasteiger partial charge is 0.517 e. The van der Waals surface area contributed by atoms with Crippen molar-refractivity contribution in [3.63, 3.8) is 0 Å². The number of halogens is 2. The third kappa shape index (κ3) is 4.90. The highest BCUT2D eigenvalue weighted by atomic mass is 35.5. The van der Waals surface area contributed by atoms with Crippen LogP contribution in [0.2, 0.25) is 10.0 Å². The minimum atomic E-state index is -1.07. The van der Waals surface area contributed by atoms with Crippen LogP contribution in [-0.4, -0.2) is 18.4 Å². The molecular weight excluding hydrogens is 307 g/mol. The van der Waals surface area contributed by atoms with Crippen LogP contribution in [0.15, 0.2) is 18.2 Å². The van der Waals surface area contributed by atoms with Crippen molar-refractivity contribution in [2.45, 2.75) is 27.1 Å². The first-order valence-corrected chi connectivity index (χ1v) is 6.59. The van der Waals surface area contributed by atoms with Gasteiger partial charge in [-0.05, 0) is 12.1 Å². The van der Waals surface area contributed by atoms with Crippen LogP contribution in [0, 0.1) is 5.92 Å². The Labute approximate surface area is 126 Å². The summed E-state index contributed by atoms with van der Waals surface area (Å²) in [7, 11) is 0. The van der Waals surface area contributed by atoms with E-state index in [0.717, 1.165) is 0 Å². The van der Waals surface area contributed by atoms with Gasteiger partial charge in [0, 0.05) is 6.92 Å². The molecule has 1 rings (SSSR count). The molecule has 7 heteroatoms. The maximum absolute atomic E-state index is 11.5. The monoisotopic (exact) mass is 320 g/mol. The van der Waals surface area contributed by atoms with Crippen molar-refractivity contribution in [3.8, 4) is 5.75 Å². The molecular formula is C13H14Cl2O5. The maximum atomic E-state index is 11.5. The molecule has 0 heterocycles. The fourth-order valence-electron chi connectivity index (χ4n) is 1.15. The molecule has 0 bridgehead atoms. The Morgan fingerprint density at radius 3 is 2.10 bits per heavy atom. The first kappa shape index (κ1) is 16.6. The molecule has 0 N–H and O–H groups in total. The van der Waals surface area contributed by atoms with E-state index in [2.05, 4.69) is 0 Å². The van der Waals surface area contributed by atoms with E-state index in [0.29, 0.717) is 0 Å². The predicted molar refractivity (Wildman–Crippen MR) is 74.0 cm³/mol. The molecule has 110 valence electrons. The summed E-state index contributed by atoms with van der Waals surface area (Å²) in [5.74, 6) is -0.820. The van der Waals surface area contributed by atoms with Crippen LogP contribution in [0.3, 0.4) is 0 Å². The summed E-state index contributed by atoms with van der Waals surface area (Å²) in [6, 6.07) is 4.63. The number of rotatable bonds is 4. The number of benzene rings is 1. The molecule has 0 amide bonds. The van der Waals surface area contributed by atoms with Gasteiger partial charge in [-0.2, -0.15) is 0 Å². The van der Waals surface area contributed by atoms with E-state index < -0.39 is 18.4 Å². The summed E-state index contributed by atoms with van der Waals surface area (Å²) < 4.78 is 14.5. The van der Waals surface area contributed by atoms with E-state index in [1.165, 1.54) is 19.1 Å². The first-order chi connectivity index (χ1) is 9.31. The Kier molecular flexibility index (Phi) is 6.10. The quantitative estimate of drug-likeness (QED) is 0.475. The highest BCUT2D eigenvalue weighted by Gasteiger charge is 2.19. The molecule has 0 saturated carbocycles. The van der Waals surface area contributed by atoms with E-state index in [4.69, 9.17) is 37.4 Å². The molecule has 1 atom stereocenters. The van der Waals surface area contributed by atoms with Gasteiger partial charge in [-0.15, -0.1) is 0 Å². The summed E-state index contributed by atoms with van der Waals surface area (Å²) >= 11 is 11.7. The maximum Gasteiger partial charge on any atom is 0.517 e. The zero-order chi connectivity index (χ0) is 15.3. The van der Waals surface area contributed by atoms with E-state index >= 15 is 0 Å². The number of esters is 1. The summed E-state index contributed by atoms with van der Waals surface area (Å²) in [6.45, 7) is 4.73. The molecule has 0 aliphatic carbocycles. The molecule has 0 unspecified atom stereocenters. The van der Waals surface area contributed by atoms with Gasteiger partial charge in [0.1, 0.15) is 0 Å². The van der Waals surface area contributed by atoms with Gasteiger partial charge in [-0.3, -0.25) is 4.79 Å². The third-order valence-electron chi connectivity index (χ3n) is 2.12. The van der Waals surface area contributed by atoms with Crippen LogP contribution in [0.4, 0.5) is 4.79 Å².